The molecule has 0 aliphatic carbocycles. The molecule has 15 heavy (non-hydrogen) atoms. The van der Waals surface area contributed by atoms with Gasteiger partial charge in [0.2, 0.25) is 0 Å². The topological polar surface area (TPSA) is 34.1 Å². The molecule has 0 fully saturated rings. The second-order valence-corrected chi connectivity index (χ2v) is 6.26. The van der Waals surface area contributed by atoms with Gasteiger partial charge in [0.1, 0.15) is 0 Å². The molecule has 0 N–H and O–H groups in total. The lowest BCUT2D eigenvalue weighted by Crippen LogP contribution is -1.95. The smallest absolute Gasteiger partial charge is 0.207 e. The van der Waals surface area contributed by atoms with Crippen molar-refractivity contribution in [3.63, 3.8) is 0 Å². The maximum Gasteiger partial charge on any atom is 0.261 e. The molecule has 0 bridgehead atoms. The van der Waals surface area contributed by atoms with Gasteiger partial charge in [0.15, 0.2) is 0 Å². The van der Waals surface area contributed by atoms with E-state index in [1.165, 1.54) is 0 Å². The van der Waals surface area contributed by atoms with E-state index in [9.17, 15) is 8.42 Å². The van der Waals surface area contributed by atoms with Crippen molar-refractivity contribution in [2.75, 3.05) is 0 Å². The molecule has 0 radical (unpaired) electrons. The number of hydrogen-bond donors (Lipinski definition) is 0. The lowest BCUT2D eigenvalue weighted by molar-refractivity contribution is 0.609. The van der Waals surface area contributed by atoms with Crippen molar-refractivity contribution in [2.24, 2.45) is 0 Å². The lowest BCUT2D eigenvalue weighted by Gasteiger charge is -2.10. The van der Waals surface area contributed by atoms with Crippen LogP contribution in [0.25, 0.3) is 0 Å². The quantitative estimate of drug-likeness (QED) is 0.762. The van der Waals surface area contributed by atoms with Gasteiger partial charge in [-0.15, -0.1) is 0 Å². The first-order valence-electron chi connectivity index (χ1n) is 4.99. The van der Waals surface area contributed by atoms with Gasteiger partial charge in [0, 0.05) is 10.7 Å². The summed E-state index contributed by atoms with van der Waals surface area (Å²) >= 11 is 0. The summed E-state index contributed by atoms with van der Waals surface area (Å²) in [5, 5.41) is 0. The molecule has 0 aromatic heterocycles. The van der Waals surface area contributed by atoms with Crippen LogP contribution in [-0.2, 0) is 9.05 Å². The zero-order valence-corrected chi connectivity index (χ0v) is 10.5. The number of halogens is 1. The van der Waals surface area contributed by atoms with Gasteiger partial charge in [-0.25, -0.2) is 8.42 Å². The van der Waals surface area contributed by atoms with Gasteiger partial charge < -0.3 is 0 Å². The molecule has 1 atom stereocenters. The average Bonchev–Trinajstić information content (AvgIpc) is 2.17. The van der Waals surface area contributed by atoms with Crippen LogP contribution in [0, 0.1) is 0 Å². The monoisotopic (exact) mass is 246 g/mol. The van der Waals surface area contributed by atoms with E-state index in [-0.39, 0.29) is 4.90 Å². The summed E-state index contributed by atoms with van der Waals surface area (Å²) in [5.74, 6) is 0.460. The first-order valence-corrected chi connectivity index (χ1v) is 7.30. The summed E-state index contributed by atoms with van der Waals surface area (Å²) in [6.45, 7) is 4.27. The molecule has 0 spiro atoms. The van der Waals surface area contributed by atoms with Crippen molar-refractivity contribution < 1.29 is 8.42 Å². The third-order valence-corrected chi connectivity index (χ3v) is 3.82. The van der Waals surface area contributed by atoms with E-state index < -0.39 is 9.05 Å². The highest BCUT2D eigenvalue weighted by Crippen LogP contribution is 2.23. The molecule has 0 aliphatic rings. The summed E-state index contributed by atoms with van der Waals surface area (Å²) in [6.07, 6.45) is 2.23. The molecule has 1 aromatic carbocycles. The largest absolute Gasteiger partial charge is 0.261 e. The molecule has 2 nitrogen and oxygen atoms in total. The number of rotatable bonds is 4. The predicted molar refractivity (Wildman–Crippen MR) is 62.8 cm³/mol. The molecule has 1 aromatic rings. The highest BCUT2D eigenvalue weighted by atomic mass is 35.7. The fourth-order valence-corrected chi connectivity index (χ4v) is 2.33. The van der Waals surface area contributed by atoms with Gasteiger partial charge in [-0.3, -0.25) is 0 Å². The lowest BCUT2D eigenvalue weighted by atomic mass is 9.97. The Hall–Kier alpha value is -0.540. The Morgan fingerprint density at radius 1 is 1.27 bits per heavy atom. The van der Waals surface area contributed by atoms with Crippen LogP contribution < -0.4 is 0 Å². The normalized spacial score (nSPS) is 13.8. The Bertz CT molecular complexity index is 409. The Labute approximate surface area is 95.7 Å². The van der Waals surface area contributed by atoms with Crippen LogP contribution in [-0.4, -0.2) is 8.42 Å². The summed E-state index contributed by atoms with van der Waals surface area (Å²) in [5.41, 5.74) is 1.15. The van der Waals surface area contributed by atoms with Crippen LogP contribution in [0.4, 0.5) is 0 Å². The summed E-state index contributed by atoms with van der Waals surface area (Å²) in [6, 6.07) is 6.78. The number of benzene rings is 1. The van der Waals surface area contributed by atoms with E-state index in [4.69, 9.17) is 10.7 Å². The van der Waals surface area contributed by atoms with Crippen LogP contribution in [0.1, 0.15) is 38.2 Å². The van der Waals surface area contributed by atoms with E-state index in [0.717, 1.165) is 18.4 Å². The Morgan fingerprint density at radius 3 is 2.20 bits per heavy atom. The van der Waals surface area contributed by atoms with E-state index in [0.29, 0.717) is 5.92 Å². The molecule has 1 rings (SSSR count). The summed E-state index contributed by atoms with van der Waals surface area (Å²) < 4.78 is 22.0. The van der Waals surface area contributed by atoms with Gasteiger partial charge in [0.05, 0.1) is 4.90 Å². The Kier molecular flexibility index (Phi) is 4.17. The standard InChI is InChI=1S/C11H15ClO2S/c1-3-4-9(2)10-5-7-11(8-6-10)15(12,13)14/h5-9H,3-4H2,1-2H3. The van der Waals surface area contributed by atoms with E-state index in [1.807, 2.05) is 12.1 Å². The summed E-state index contributed by atoms with van der Waals surface area (Å²) in [7, 11) is 1.64. The zero-order chi connectivity index (χ0) is 11.5. The van der Waals surface area contributed by atoms with Crippen LogP contribution >= 0.6 is 10.7 Å². The minimum atomic E-state index is -3.59. The fourth-order valence-electron chi connectivity index (χ4n) is 1.56. The van der Waals surface area contributed by atoms with Gasteiger partial charge in [-0.1, -0.05) is 32.4 Å². The Morgan fingerprint density at radius 2 is 1.80 bits per heavy atom. The van der Waals surface area contributed by atoms with Gasteiger partial charge in [-0.05, 0) is 30.0 Å². The second-order valence-electron chi connectivity index (χ2n) is 3.70. The average molecular weight is 247 g/mol. The minimum absolute atomic E-state index is 0.164. The van der Waals surface area contributed by atoms with Crippen molar-refractivity contribution in [3.05, 3.63) is 29.8 Å². The van der Waals surface area contributed by atoms with Crippen molar-refractivity contribution in [1.29, 1.82) is 0 Å². The van der Waals surface area contributed by atoms with E-state index in [2.05, 4.69) is 13.8 Å². The maximum absolute atomic E-state index is 11.0. The fraction of sp³-hybridized carbons (Fsp3) is 0.455. The molecule has 0 aliphatic heterocycles. The number of hydrogen-bond acceptors (Lipinski definition) is 2. The van der Waals surface area contributed by atoms with Gasteiger partial charge in [-0.2, -0.15) is 0 Å². The second kappa shape index (κ2) is 4.99. The summed E-state index contributed by atoms with van der Waals surface area (Å²) in [4.78, 5) is 0.164. The van der Waals surface area contributed by atoms with Crippen molar-refractivity contribution in [3.8, 4) is 0 Å². The van der Waals surface area contributed by atoms with E-state index >= 15 is 0 Å². The van der Waals surface area contributed by atoms with Crippen molar-refractivity contribution in [2.45, 2.75) is 37.5 Å². The Balaban J connectivity index is 2.90. The molecule has 0 saturated carbocycles. The molecule has 0 heterocycles. The van der Waals surface area contributed by atoms with Crippen molar-refractivity contribution >= 4 is 19.7 Å². The zero-order valence-electron chi connectivity index (χ0n) is 8.90. The predicted octanol–water partition coefficient (Wildman–Crippen LogP) is 3.52. The molecule has 4 heteroatoms. The molecular weight excluding hydrogens is 232 g/mol. The highest BCUT2D eigenvalue weighted by Gasteiger charge is 2.10. The van der Waals surface area contributed by atoms with E-state index in [1.54, 1.807) is 12.1 Å². The first-order chi connectivity index (χ1) is 6.95. The molecule has 84 valence electrons. The molecule has 1 unspecified atom stereocenters. The SMILES string of the molecule is CCCC(C)c1ccc(S(=O)(=O)Cl)cc1. The van der Waals surface area contributed by atoms with Crippen LogP contribution in [0.2, 0.25) is 0 Å². The van der Waals surface area contributed by atoms with Crippen LogP contribution in [0.5, 0.6) is 0 Å². The highest BCUT2D eigenvalue weighted by molar-refractivity contribution is 8.13. The van der Waals surface area contributed by atoms with Crippen LogP contribution in [0.15, 0.2) is 29.2 Å². The molecular formula is C11H15ClO2S. The molecule has 0 saturated heterocycles. The maximum atomic E-state index is 11.0. The molecule has 0 amide bonds. The van der Waals surface area contributed by atoms with Crippen molar-refractivity contribution in [1.82, 2.24) is 0 Å². The third-order valence-electron chi connectivity index (χ3n) is 2.45. The van der Waals surface area contributed by atoms with Gasteiger partial charge in [0.25, 0.3) is 9.05 Å². The first kappa shape index (κ1) is 12.5. The third kappa shape index (κ3) is 3.50. The van der Waals surface area contributed by atoms with Crippen LogP contribution in [0.3, 0.4) is 0 Å². The van der Waals surface area contributed by atoms with Gasteiger partial charge >= 0.3 is 0 Å². The minimum Gasteiger partial charge on any atom is -0.207 e.